The number of rotatable bonds is 58. The highest BCUT2D eigenvalue weighted by molar-refractivity contribution is 5.71. The second-order valence-corrected chi connectivity index (χ2v) is 21.3. The van der Waals surface area contributed by atoms with Crippen molar-refractivity contribution >= 4 is 17.9 Å². The lowest BCUT2D eigenvalue weighted by Crippen LogP contribution is -2.30. The molecular weight excluding hydrogens is 901 g/mol. The predicted octanol–water partition coefficient (Wildman–Crippen LogP) is 21.6. The van der Waals surface area contributed by atoms with Crippen molar-refractivity contribution in [3.63, 3.8) is 0 Å². The van der Waals surface area contributed by atoms with Gasteiger partial charge in [0, 0.05) is 19.3 Å². The van der Waals surface area contributed by atoms with E-state index in [1.807, 2.05) is 0 Å². The zero-order chi connectivity index (χ0) is 52.9. The summed E-state index contributed by atoms with van der Waals surface area (Å²) in [6, 6.07) is 0. The Morgan fingerprint density at radius 2 is 0.493 bits per heavy atom. The first-order chi connectivity index (χ1) is 36.0. The maximum atomic E-state index is 12.8. The SMILES string of the molecule is CCCCCCC/C=C\C/C=C\C/C=C\CCCCCCCCCCCCCCC(=O)OCC(COC(=O)CCCCCCCCC)OC(=O)CCCCCCCCCCC/C=C\C/C=C\CCCCCCC. The van der Waals surface area contributed by atoms with Crippen LogP contribution in [0.15, 0.2) is 60.8 Å². The van der Waals surface area contributed by atoms with Crippen LogP contribution >= 0.6 is 0 Å². The van der Waals surface area contributed by atoms with E-state index in [2.05, 4.69) is 81.5 Å². The van der Waals surface area contributed by atoms with Gasteiger partial charge in [0.25, 0.3) is 0 Å². The Bertz CT molecular complexity index is 1310. The molecule has 0 spiro atoms. The summed E-state index contributed by atoms with van der Waals surface area (Å²) in [6.45, 7) is 6.61. The van der Waals surface area contributed by atoms with Crippen molar-refractivity contribution < 1.29 is 28.6 Å². The Morgan fingerprint density at radius 3 is 0.767 bits per heavy atom. The summed E-state index contributed by atoms with van der Waals surface area (Å²) >= 11 is 0. The summed E-state index contributed by atoms with van der Waals surface area (Å²) in [5.74, 6) is -0.873. The van der Waals surface area contributed by atoms with Crippen LogP contribution in [0.5, 0.6) is 0 Å². The molecule has 0 rings (SSSR count). The van der Waals surface area contributed by atoms with Gasteiger partial charge in [-0.15, -0.1) is 0 Å². The maximum Gasteiger partial charge on any atom is 0.306 e. The van der Waals surface area contributed by atoms with Gasteiger partial charge in [-0.05, 0) is 89.9 Å². The lowest BCUT2D eigenvalue weighted by Gasteiger charge is -2.18. The van der Waals surface area contributed by atoms with Crippen LogP contribution in [0.25, 0.3) is 0 Å². The van der Waals surface area contributed by atoms with Crippen LogP contribution < -0.4 is 0 Å². The van der Waals surface area contributed by atoms with Crippen molar-refractivity contribution in [2.24, 2.45) is 0 Å². The first-order valence-corrected chi connectivity index (χ1v) is 31.8. The molecule has 0 aliphatic heterocycles. The molecule has 6 heteroatoms. The molecule has 0 aromatic rings. The van der Waals surface area contributed by atoms with Gasteiger partial charge in [0.05, 0.1) is 0 Å². The summed E-state index contributed by atoms with van der Waals surface area (Å²) < 4.78 is 16.8. The van der Waals surface area contributed by atoms with Gasteiger partial charge in [-0.1, -0.05) is 281 Å². The largest absolute Gasteiger partial charge is 0.462 e. The number of esters is 3. The molecule has 0 amide bonds. The molecule has 1 unspecified atom stereocenters. The van der Waals surface area contributed by atoms with Crippen molar-refractivity contribution in [2.75, 3.05) is 13.2 Å². The zero-order valence-corrected chi connectivity index (χ0v) is 48.7. The standard InChI is InChI=1S/C67H120O6/c1-4-7-10-13-16-18-20-22-24-26-28-30-31-32-33-34-35-37-38-40-42-44-46-48-51-54-57-60-66(69)72-63-64(62-71-65(68)59-56-53-50-15-12-9-6-3)73-67(70)61-58-55-52-49-47-45-43-41-39-36-29-27-25-23-21-19-17-14-11-8-5-2/h20-23,26-29,31-32,64H,4-19,24-25,30,33-63H2,1-3H3/b22-20-,23-21-,28-26-,29-27-,32-31-. The number of unbranched alkanes of at least 4 members (excludes halogenated alkanes) is 37. The van der Waals surface area contributed by atoms with Gasteiger partial charge >= 0.3 is 17.9 Å². The Balaban J connectivity index is 4.12. The summed E-state index contributed by atoms with van der Waals surface area (Å²) in [6.07, 6.45) is 78.2. The number of allylic oxidation sites excluding steroid dienone is 10. The van der Waals surface area contributed by atoms with Crippen LogP contribution in [0.3, 0.4) is 0 Å². The molecule has 0 N–H and O–H groups in total. The molecule has 0 saturated carbocycles. The van der Waals surface area contributed by atoms with Gasteiger partial charge in [0.2, 0.25) is 0 Å². The molecule has 0 aliphatic rings. The van der Waals surface area contributed by atoms with Crippen LogP contribution in [0, 0.1) is 0 Å². The van der Waals surface area contributed by atoms with E-state index in [0.29, 0.717) is 19.3 Å². The Hall–Kier alpha value is -2.89. The van der Waals surface area contributed by atoms with E-state index in [9.17, 15) is 14.4 Å². The van der Waals surface area contributed by atoms with Gasteiger partial charge in [-0.25, -0.2) is 0 Å². The van der Waals surface area contributed by atoms with Crippen LogP contribution in [0.2, 0.25) is 0 Å². The summed E-state index contributed by atoms with van der Waals surface area (Å²) in [7, 11) is 0. The van der Waals surface area contributed by atoms with Crippen molar-refractivity contribution in [3.8, 4) is 0 Å². The number of ether oxygens (including phenoxy) is 3. The minimum absolute atomic E-state index is 0.0742. The number of carbonyl (C=O) groups excluding carboxylic acids is 3. The molecule has 0 bridgehead atoms. The Labute approximate surface area is 453 Å². The molecule has 0 aromatic heterocycles. The molecule has 0 saturated heterocycles. The van der Waals surface area contributed by atoms with Gasteiger partial charge in [-0.2, -0.15) is 0 Å². The third-order valence-electron chi connectivity index (χ3n) is 14.0. The number of hydrogen-bond acceptors (Lipinski definition) is 6. The molecule has 0 aliphatic carbocycles. The highest BCUT2D eigenvalue weighted by Gasteiger charge is 2.19. The topological polar surface area (TPSA) is 78.9 Å². The van der Waals surface area contributed by atoms with Crippen molar-refractivity contribution in [3.05, 3.63) is 60.8 Å². The Morgan fingerprint density at radius 1 is 0.274 bits per heavy atom. The average Bonchev–Trinajstić information content (AvgIpc) is 3.39. The fraction of sp³-hybridized carbons (Fsp3) is 0.806. The fourth-order valence-corrected chi connectivity index (χ4v) is 9.19. The lowest BCUT2D eigenvalue weighted by molar-refractivity contribution is -0.167. The van der Waals surface area contributed by atoms with Gasteiger partial charge in [-0.3, -0.25) is 14.4 Å². The van der Waals surface area contributed by atoms with Gasteiger partial charge in [0.15, 0.2) is 6.10 Å². The number of carbonyl (C=O) groups is 3. The third-order valence-corrected chi connectivity index (χ3v) is 14.0. The van der Waals surface area contributed by atoms with E-state index in [1.165, 1.54) is 212 Å². The maximum absolute atomic E-state index is 12.8. The minimum Gasteiger partial charge on any atom is -0.462 e. The van der Waals surface area contributed by atoms with E-state index < -0.39 is 6.10 Å². The molecule has 424 valence electrons. The minimum atomic E-state index is -0.774. The van der Waals surface area contributed by atoms with Crippen LogP contribution in [0.1, 0.15) is 329 Å². The van der Waals surface area contributed by atoms with Gasteiger partial charge < -0.3 is 14.2 Å². The second kappa shape index (κ2) is 61.7. The highest BCUT2D eigenvalue weighted by Crippen LogP contribution is 2.16. The van der Waals surface area contributed by atoms with Gasteiger partial charge in [0.1, 0.15) is 13.2 Å². The lowest BCUT2D eigenvalue weighted by atomic mass is 10.0. The first-order valence-electron chi connectivity index (χ1n) is 31.8. The zero-order valence-electron chi connectivity index (χ0n) is 48.7. The molecule has 73 heavy (non-hydrogen) atoms. The molecule has 6 nitrogen and oxygen atoms in total. The predicted molar refractivity (Wildman–Crippen MR) is 316 cm³/mol. The summed E-state index contributed by atoms with van der Waals surface area (Å²) in [5.41, 5.74) is 0. The highest BCUT2D eigenvalue weighted by atomic mass is 16.6. The van der Waals surface area contributed by atoms with Crippen molar-refractivity contribution in [2.45, 2.75) is 335 Å². The van der Waals surface area contributed by atoms with E-state index in [0.717, 1.165) is 77.0 Å². The van der Waals surface area contributed by atoms with E-state index >= 15 is 0 Å². The molecular formula is C67H120O6. The first kappa shape index (κ1) is 70.1. The third kappa shape index (κ3) is 59.9. The smallest absolute Gasteiger partial charge is 0.306 e. The normalized spacial score (nSPS) is 12.4. The van der Waals surface area contributed by atoms with Crippen molar-refractivity contribution in [1.82, 2.24) is 0 Å². The fourth-order valence-electron chi connectivity index (χ4n) is 9.19. The molecule has 0 heterocycles. The Kier molecular flexibility index (Phi) is 59.2. The molecule has 0 fully saturated rings. The van der Waals surface area contributed by atoms with E-state index in [4.69, 9.17) is 14.2 Å². The summed E-state index contributed by atoms with van der Waals surface area (Å²) in [4.78, 5) is 38.1. The van der Waals surface area contributed by atoms with Crippen LogP contribution in [-0.4, -0.2) is 37.2 Å². The van der Waals surface area contributed by atoms with Crippen molar-refractivity contribution in [1.29, 1.82) is 0 Å². The quantitative estimate of drug-likeness (QED) is 0.0261. The molecule has 0 aromatic carbocycles. The van der Waals surface area contributed by atoms with E-state index in [1.54, 1.807) is 0 Å². The monoisotopic (exact) mass is 1020 g/mol. The van der Waals surface area contributed by atoms with Crippen LogP contribution in [-0.2, 0) is 28.6 Å². The molecule has 0 radical (unpaired) electrons. The molecule has 1 atom stereocenters. The second-order valence-electron chi connectivity index (χ2n) is 21.3. The van der Waals surface area contributed by atoms with Crippen LogP contribution in [0.4, 0.5) is 0 Å². The number of hydrogen-bond donors (Lipinski definition) is 0. The average molecular weight is 1020 g/mol. The van der Waals surface area contributed by atoms with E-state index in [-0.39, 0.29) is 31.1 Å². The summed E-state index contributed by atoms with van der Waals surface area (Å²) in [5, 5.41) is 0.